The second-order valence-corrected chi connectivity index (χ2v) is 5.58. The van der Waals surface area contributed by atoms with Gasteiger partial charge in [-0.2, -0.15) is 0 Å². The van der Waals surface area contributed by atoms with Gasteiger partial charge >= 0.3 is 0 Å². The van der Waals surface area contributed by atoms with Gasteiger partial charge in [0, 0.05) is 13.7 Å². The fourth-order valence-electron chi connectivity index (χ4n) is 1.97. The van der Waals surface area contributed by atoms with Crippen molar-refractivity contribution in [2.24, 2.45) is 5.41 Å². The lowest BCUT2D eigenvalue weighted by molar-refractivity contribution is -0.00647. The zero-order chi connectivity index (χ0) is 12.7. The summed E-state index contributed by atoms with van der Waals surface area (Å²) in [6.45, 7) is 8.93. The number of rotatable bonds is 9. The van der Waals surface area contributed by atoms with Crippen LogP contribution >= 0.6 is 0 Å². The minimum absolute atomic E-state index is 0.0677. The second-order valence-electron chi connectivity index (χ2n) is 5.58. The Morgan fingerprint density at radius 3 is 2.06 bits per heavy atom. The molecule has 0 aromatic carbocycles. The van der Waals surface area contributed by atoms with Crippen LogP contribution in [0.5, 0.6) is 0 Å². The molecule has 2 heteroatoms. The van der Waals surface area contributed by atoms with Gasteiger partial charge in [0.2, 0.25) is 0 Å². The van der Waals surface area contributed by atoms with Crippen molar-refractivity contribution >= 4 is 0 Å². The molecule has 0 spiro atoms. The van der Waals surface area contributed by atoms with E-state index in [4.69, 9.17) is 4.74 Å². The Bertz CT molecular complexity index is 172. The summed E-state index contributed by atoms with van der Waals surface area (Å²) in [5.74, 6) is 0. The number of unbranched alkanes of at least 4 members (excludes halogenated alkanes) is 1. The van der Waals surface area contributed by atoms with Gasteiger partial charge < -0.3 is 9.84 Å². The van der Waals surface area contributed by atoms with E-state index in [0.717, 1.165) is 25.7 Å². The van der Waals surface area contributed by atoms with Crippen LogP contribution in [0, 0.1) is 5.41 Å². The molecule has 0 bridgehead atoms. The van der Waals surface area contributed by atoms with Crippen LogP contribution in [0.4, 0.5) is 0 Å². The van der Waals surface area contributed by atoms with Crippen molar-refractivity contribution < 1.29 is 9.84 Å². The summed E-state index contributed by atoms with van der Waals surface area (Å²) >= 11 is 0. The lowest BCUT2D eigenvalue weighted by Gasteiger charge is -2.34. The fourth-order valence-corrected chi connectivity index (χ4v) is 1.97. The number of hydrogen-bond acceptors (Lipinski definition) is 2. The van der Waals surface area contributed by atoms with Crippen LogP contribution in [-0.2, 0) is 4.74 Å². The van der Waals surface area contributed by atoms with Gasteiger partial charge in [0.15, 0.2) is 0 Å². The summed E-state index contributed by atoms with van der Waals surface area (Å²) in [6, 6.07) is 0. The molecule has 0 heterocycles. The molecule has 0 aliphatic rings. The van der Waals surface area contributed by atoms with Crippen molar-refractivity contribution in [3.05, 3.63) is 0 Å². The average Bonchev–Trinajstić information content (AvgIpc) is 2.30. The largest absolute Gasteiger partial charge is 0.396 e. The van der Waals surface area contributed by atoms with Crippen molar-refractivity contribution in [1.29, 1.82) is 0 Å². The highest BCUT2D eigenvalue weighted by Crippen LogP contribution is 2.36. The Hall–Kier alpha value is -0.0800. The Morgan fingerprint density at radius 1 is 1.06 bits per heavy atom. The molecule has 2 nitrogen and oxygen atoms in total. The molecule has 0 fully saturated rings. The molecule has 98 valence electrons. The van der Waals surface area contributed by atoms with Gasteiger partial charge in [0.1, 0.15) is 0 Å². The van der Waals surface area contributed by atoms with Crippen LogP contribution < -0.4 is 0 Å². The van der Waals surface area contributed by atoms with E-state index in [1.54, 1.807) is 7.11 Å². The number of ether oxygens (including phenoxy) is 1. The van der Waals surface area contributed by atoms with Crippen molar-refractivity contribution in [3.63, 3.8) is 0 Å². The molecule has 0 aromatic rings. The highest BCUT2D eigenvalue weighted by Gasteiger charge is 2.29. The third kappa shape index (κ3) is 5.31. The van der Waals surface area contributed by atoms with Gasteiger partial charge in [-0.3, -0.25) is 0 Å². The molecule has 0 aromatic heterocycles. The van der Waals surface area contributed by atoms with E-state index in [1.807, 2.05) is 0 Å². The SMILES string of the molecule is CCCCC(CC)(CO)CCC(C)(C)OC. The van der Waals surface area contributed by atoms with E-state index in [9.17, 15) is 5.11 Å². The topological polar surface area (TPSA) is 29.5 Å². The van der Waals surface area contributed by atoms with Gasteiger partial charge in [-0.15, -0.1) is 0 Å². The van der Waals surface area contributed by atoms with Crippen LogP contribution in [0.15, 0.2) is 0 Å². The predicted molar refractivity (Wildman–Crippen MR) is 69.7 cm³/mol. The lowest BCUT2D eigenvalue weighted by Crippen LogP contribution is -2.30. The van der Waals surface area contributed by atoms with Crippen molar-refractivity contribution in [3.8, 4) is 0 Å². The molecule has 0 radical (unpaired) electrons. The summed E-state index contributed by atoms with van der Waals surface area (Å²) in [6.07, 6.45) is 6.68. The molecule has 1 atom stereocenters. The van der Waals surface area contributed by atoms with Gasteiger partial charge in [0.25, 0.3) is 0 Å². The van der Waals surface area contributed by atoms with Crippen LogP contribution in [0.25, 0.3) is 0 Å². The first-order valence-corrected chi connectivity index (χ1v) is 6.61. The first-order chi connectivity index (χ1) is 7.45. The summed E-state index contributed by atoms with van der Waals surface area (Å²) in [4.78, 5) is 0. The Kier molecular flexibility index (Phi) is 7.25. The summed E-state index contributed by atoms with van der Waals surface area (Å²) in [5, 5.41) is 9.63. The molecule has 0 saturated carbocycles. The summed E-state index contributed by atoms with van der Waals surface area (Å²) < 4.78 is 5.44. The van der Waals surface area contributed by atoms with E-state index in [0.29, 0.717) is 6.61 Å². The minimum atomic E-state index is -0.0677. The highest BCUT2D eigenvalue weighted by molar-refractivity contribution is 4.81. The molecule has 0 aliphatic carbocycles. The van der Waals surface area contributed by atoms with Gasteiger partial charge in [0.05, 0.1) is 5.60 Å². The highest BCUT2D eigenvalue weighted by atomic mass is 16.5. The van der Waals surface area contributed by atoms with Crippen LogP contribution in [0.3, 0.4) is 0 Å². The maximum Gasteiger partial charge on any atom is 0.0623 e. The molecular weight excluding hydrogens is 200 g/mol. The van der Waals surface area contributed by atoms with Crippen LogP contribution in [-0.4, -0.2) is 24.4 Å². The Balaban J connectivity index is 4.31. The van der Waals surface area contributed by atoms with Gasteiger partial charge in [-0.1, -0.05) is 26.7 Å². The molecule has 0 aliphatic heterocycles. The molecule has 16 heavy (non-hydrogen) atoms. The average molecular weight is 230 g/mol. The summed E-state index contributed by atoms with van der Waals surface area (Å²) in [5.41, 5.74) is 0.0492. The molecule has 1 N–H and O–H groups in total. The third-order valence-corrected chi connectivity index (χ3v) is 3.96. The zero-order valence-electron chi connectivity index (χ0n) is 11.8. The number of aliphatic hydroxyl groups excluding tert-OH is 1. The first kappa shape index (κ1) is 15.9. The van der Waals surface area contributed by atoms with Gasteiger partial charge in [-0.05, 0) is 44.9 Å². The van der Waals surface area contributed by atoms with E-state index in [1.165, 1.54) is 12.8 Å². The number of methoxy groups -OCH3 is 1. The molecule has 0 saturated heterocycles. The monoisotopic (exact) mass is 230 g/mol. The molecule has 0 rings (SSSR count). The van der Waals surface area contributed by atoms with E-state index in [-0.39, 0.29) is 11.0 Å². The minimum Gasteiger partial charge on any atom is -0.396 e. The maximum absolute atomic E-state index is 9.63. The van der Waals surface area contributed by atoms with E-state index >= 15 is 0 Å². The lowest BCUT2D eigenvalue weighted by atomic mass is 9.75. The Labute approximate surface area is 101 Å². The van der Waals surface area contributed by atoms with Crippen molar-refractivity contribution in [2.75, 3.05) is 13.7 Å². The first-order valence-electron chi connectivity index (χ1n) is 6.61. The molecule has 1 unspecified atom stereocenters. The smallest absolute Gasteiger partial charge is 0.0623 e. The third-order valence-electron chi connectivity index (χ3n) is 3.96. The number of hydrogen-bond donors (Lipinski definition) is 1. The van der Waals surface area contributed by atoms with Crippen molar-refractivity contribution in [2.45, 2.75) is 71.8 Å². The fraction of sp³-hybridized carbons (Fsp3) is 1.00. The van der Waals surface area contributed by atoms with Crippen LogP contribution in [0.1, 0.15) is 66.2 Å². The quantitative estimate of drug-likeness (QED) is 0.653. The Morgan fingerprint density at radius 2 is 1.69 bits per heavy atom. The van der Waals surface area contributed by atoms with E-state index < -0.39 is 0 Å². The molecule has 0 amide bonds. The second kappa shape index (κ2) is 7.29. The summed E-state index contributed by atoms with van der Waals surface area (Å²) in [7, 11) is 1.76. The van der Waals surface area contributed by atoms with Crippen molar-refractivity contribution in [1.82, 2.24) is 0 Å². The normalized spacial score (nSPS) is 16.1. The zero-order valence-corrected chi connectivity index (χ0v) is 11.8. The maximum atomic E-state index is 9.63. The van der Waals surface area contributed by atoms with E-state index in [2.05, 4.69) is 27.7 Å². The van der Waals surface area contributed by atoms with Gasteiger partial charge in [-0.25, -0.2) is 0 Å². The van der Waals surface area contributed by atoms with Crippen LogP contribution in [0.2, 0.25) is 0 Å². The molecular formula is C14H30O2. The predicted octanol–water partition coefficient (Wildman–Crippen LogP) is 3.77. The standard InChI is InChI=1S/C14H30O2/c1-6-8-9-14(7-2,12-15)11-10-13(3,4)16-5/h15H,6-12H2,1-5H3. The number of aliphatic hydroxyl groups is 1.